The van der Waals surface area contributed by atoms with E-state index in [1.807, 2.05) is 24.0 Å². The molecule has 2 unspecified atom stereocenters. The van der Waals surface area contributed by atoms with E-state index in [9.17, 15) is 4.79 Å². The number of nitrogens with one attached hydrogen (secondary N) is 1. The molecule has 2 aliphatic rings. The molecule has 0 saturated heterocycles. The molecular weight excluding hydrogens is 214 g/mol. The van der Waals surface area contributed by atoms with Crippen molar-refractivity contribution in [2.75, 3.05) is 6.54 Å². The zero-order valence-electron chi connectivity index (χ0n) is 10.2. The summed E-state index contributed by atoms with van der Waals surface area (Å²) in [7, 11) is 0. The number of fused-ring (bicyclic) bond motifs is 1. The molecule has 0 aromatic carbocycles. The fourth-order valence-electron chi connectivity index (χ4n) is 2.96. The van der Waals surface area contributed by atoms with E-state index in [0.29, 0.717) is 6.54 Å². The Labute approximate surface area is 101 Å². The van der Waals surface area contributed by atoms with E-state index in [4.69, 9.17) is 0 Å². The molecular formula is C13H19N3O. The number of carbonyl (C=O) groups excluding carboxylic acids is 1. The quantitative estimate of drug-likeness (QED) is 0.853. The smallest absolute Gasteiger partial charge is 0.223 e. The molecule has 1 aromatic heterocycles. The van der Waals surface area contributed by atoms with Gasteiger partial charge in [-0.05, 0) is 43.6 Å². The minimum atomic E-state index is 0.251. The van der Waals surface area contributed by atoms with Gasteiger partial charge in [0.15, 0.2) is 0 Å². The van der Waals surface area contributed by atoms with Crippen LogP contribution in [-0.4, -0.2) is 22.2 Å². The van der Waals surface area contributed by atoms with E-state index >= 15 is 0 Å². The zero-order valence-corrected chi connectivity index (χ0v) is 10.2. The Morgan fingerprint density at radius 1 is 1.47 bits per heavy atom. The summed E-state index contributed by atoms with van der Waals surface area (Å²) in [4.78, 5) is 11.9. The molecule has 17 heavy (non-hydrogen) atoms. The van der Waals surface area contributed by atoms with Crippen molar-refractivity contribution >= 4 is 5.91 Å². The van der Waals surface area contributed by atoms with E-state index in [-0.39, 0.29) is 11.8 Å². The highest BCUT2D eigenvalue weighted by Crippen LogP contribution is 2.54. The van der Waals surface area contributed by atoms with Crippen LogP contribution in [0.1, 0.15) is 24.8 Å². The largest absolute Gasteiger partial charge is 0.354 e. The minimum absolute atomic E-state index is 0.251. The van der Waals surface area contributed by atoms with Crippen molar-refractivity contribution in [1.29, 1.82) is 0 Å². The first-order valence-corrected chi connectivity index (χ1v) is 6.49. The molecule has 3 rings (SSSR count). The molecule has 4 heteroatoms. The predicted molar refractivity (Wildman–Crippen MR) is 64.3 cm³/mol. The van der Waals surface area contributed by atoms with Gasteiger partial charge in [-0.3, -0.25) is 9.48 Å². The molecule has 1 N–H and O–H groups in total. The van der Waals surface area contributed by atoms with E-state index in [2.05, 4.69) is 10.4 Å². The summed E-state index contributed by atoms with van der Waals surface area (Å²) >= 11 is 0. The third-order valence-electron chi connectivity index (χ3n) is 4.02. The van der Waals surface area contributed by atoms with Gasteiger partial charge in [-0.15, -0.1) is 0 Å². The van der Waals surface area contributed by atoms with Gasteiger partial charge in [0.05, 0.1) is 12.7 Å². The number of rotatable bonds is 4. The average Bonchev–Trinajstić information content (AvgIpc) is 2.74. The summed E-state index contributed by atoms with van der Waals surface area (Å²) in [5, 5.41) is 7.22. The van der Waals surface area contributed by atoms with Gasteiger partial charge in [-0.25, -0.2) is 0 Å². The Bertz CT molecular complexity index is 416. The standard InChI is InChI=1S/C13H19N3O/c1-9-7-15-16(8-9)3-2-14-13(17)12-5-10-4-11(10)6-12/h7-8,10-12H,2-6H2,1H3,(H,14,17). The summed E-state index contributed by atoms with van der Waals surface area (Å²) in [6, 6.07) is 0. The van der Waals surface area contributed by atoms with Crippen LogP contribution in [0.4, 0.5) is 0 Å². The third-order valence-corrected chi connectivity index (χ3v) is 4.02. The monoisotopic (exact) mass is 233 g/mol. The van der Waals surface area contributed by atoms with Crippen molar-refractivity contribution in [3.63, 3.8) is 0 Å². The Kier molecular flexibility index (Phi) is 2.65. The SMILES string of the molecule is Cc1cnn(CCNC(=O)C2CC3CC3C2)c1. The van der Waals surface area contributed by atoms with Gasteiger partial charge in [0.25, 0.3) is 0 Å². The van der Waals surface area contributed by atoms with Crippen LogP contribution in [0.3, 0.4) is 0 Å². The molecule has 2 saturated carbocycles. The van der Waals surface area contributed by atoms with Crippen LogP contribution in [0.2, 0.25) is 0 Å². The second kappa shape index (κ2) is 4.17. The zero-order chi connectivity index (χ0) is 11.8. The van der Waals surface area contributed by atoms with Gasteiger partial charge in [0.2, 0.25) is 5.91 Å². The van der Waals surface area contributed by atoms with Crippen LogP contribution >= 0.6 is 0 Å². The van der Waals surface area contributed by atoms with Crippen LogP contribution in [0.15, 0.2) is 12.4 Å². The molecule has 2 fully saturated rings. The lowest BCUT2D eigenvalue weighted by Crippen LogP contribution is -2.32. The van der Waals surface area contributed by atoms with Crippen LogP contribution < -0.4 is 5.32 Å². The highest BCUT2D eigenvalue weighted by molar-refractivity contribution is 5.79. The first kappa shape index (κ1) is 10.8. The van der Waals surface area contributed by atoms with Gasteiger partial charge in [0, 0.05) is 18.7 Å². The van der Waals surface area contributed by atoms with Gasteiger partial charge >= 0.3 is 0 Å². The Hall–Kier alpha value is -1.32. The van der Waals surface area contributed by atoms with Crippen molar-refractivity contribution in [1.82, 2.24) is 15.1 Å². The summed E-state index contributed by atoms with van der Waals surface area (Å²) in [6.07, 6.45) is 7.45. The number of hydrogen-bond acceptors (Lipinski definition) is 2. The van der Waals surface area contributed by atoms with E-state index in [0.717, 1.165) is 36.8 Å². The van der Waals surface area contributed by atoms with Gasteiger partial charge in [-0.2, -0.15) is 5.10 Å². The van der Waals surface area contributed by atoms with E-state index in [1.54, 1.807) is 0 Å². The lowest BCUT2D eigenvalue weighted by atomic mass is 10.0. The average molecular weight is 233 g/mol. The second-order valence-corrected chi connectivity index (χ2v) is 5.50. The molecule has 2 atom stereocenters. The van der Waals surface area contributed by atoms with Crippen molar-refractivity contribution in [3.8, 4) is 0 Å². The Morgan fingerprint density at radius 3 is 2.88 bits per heavy atom. The molecule has 92 valence electrons. The highest BCUT2D eigenvalue weighted by atomic mass is 16.1. The molecule has 2 aliphatic carbocycles. The van der Waals surface area contributed by atoms with Gasteiger partial charge < -0.3 is 5.32 Å². The summed E-state index contributed by atoms with van der Waals surface area (Å²) < 4.78 is 1.88. The number of aryl methyl sites for hydroxylation is 1. The first-order chi connectivity index (χ1) is 8.22. The topological polar surface area (TPSA) is 46.9 Å². The van der Waals surface area contributed by atoms with Crippen LogP contribution in [0.5, 0.6) is 0 Å². The Morgan fingerprint density at radius 2 is 2.24 bits per heavy atom. The molecule has 0 aliphatic heterocycles. The van der Waals surface area contributed by atoms with E-state index in [1.165, 1.54) is 6.42 Å². The molecule has 1 heterocycles. The summed E-state index contributed by atoms with van der Waals surface area (Å²) in [6.45, 7) is 3.47. The van der Waals surface area contributed by atoms with Gasteiger partial charge in [0.1, 0.15) is 0 Å². The first-order valence-electron chi connectivity index (χ1n) is 6.49. The maximum Gasteiger partial charge on any atom is 0.223 e. The van der Waals surface area contributed by atoms with Crippen molar-refractivity contribution < 1.29 is 4.79 Å². The van der Waals surface area contributed by atoms with Crippen LogP contribution in [-0.2, 0) is 11.3 Å². The fourth-order valence-corrected chi connectivity index (χ4v) is 2.96. The Balaban J connectivity index is 1.40. The number of carbonyl (C=O) groups is 1. The normalized spacial score (nSPS) is 30.1. The number of aromatic nitrogens is 2. The molecule has 1 amide bonds. The van der Waals surface area contributed by atoms with Crippen molar-refractivity contribution in [2.24, 2.45) is 17.8 Å². The molecule has 1 aromatic rings. The highest BCUT2D eigenvalue weighted by Gasteiger charge is 2.47. The number of amides is 1. The molecule has 0 radical (unpaired) electrons. The number of nitrogens with zero attached hydrogens (tertiary/aromatic N) is 2. The fraction of sp³-hybridized carbons (Fsp3) is 0.692. The molecule has 0 spiro atoms. The van der Waals surface area contributed by atoms with Gasteiger partial charge in [-0.1, -0.05) is 0 Å². The number of hydrogen-bond donors (Lipinski definition) is 1. The van der Waals surface area contributed by atoms with E-state index < -0.39 is 0 Å². The van der Waals surface area contributed by atoms with Crippen molar-refractivity contribution in [2.45, 2.75) is 32.7 Å². The van der Waals surface area contributed by atoms with Crippen molar-refractivity contribution in [3.05, 3.63) is 18.0 Å². The maximum atomic E-state index is 11.9. The predicted octanol–water partition coefficient (Wildman–Crippen LogP) is 1.35. The summed E-state index contributed by atoms with van der Waals surface area (Å²) in [5.41, 5.74) is 1.16. The maximum absolute atomic E-state index is 11.9. The molecule has 4 nitrogen and oxygen atoms in total. The summed E-state index contributed by atoms with van der Waals surface area (Å²) in [5.74, 6) is 2.29. The second-order valence-electron chi connectivity index (χ2n) is 5.50. The molecule has 0 bridgehead atoms. The third kappa shape index (κ3) is 2.35. The van der Waals surface area contributed by atoms with Crippen LogP contribution in [0, 0.1) is 24.7 Å². The lowest BCUT2D eigenvalue weighted by Gasteiger charge is -2.12. The lowest BCUT2D eigenvalue weighted by molar-refractivity contribution is -0.125. The van der Waals surface area contributed by atoms with Crippen LogP contribution in [0.25, 0.3) is 0 Å². The minimum Gasteiger partial charge on any atom is -0.354 e.